The molecule has 0 aliphatic carbocycles. The number of carbonyl (C=O) groups is 2. The first-order valence-corrected chi connectivity index (χ1v) is 22.7. The van der Waals surface area contributed by atoms with Gasteiger partial charge in [0, 0.05) is 12.8 Å². The number of hydrogen-bond acceptors (Lipinski definition) is 10. The molecule has 6 atom stereocenters. The highest BCUT2D eigenvalue weighted by Crippen LogP contribution is 2.22. The van der Waals surface area contributed by atoms with E-state index in [0.29, 0.717) is 12.8 Å². The minimum atomic E-state index is -1.61. The normalized spacial score (nSPS) is 20.8. The van der Waals surface area contributed by atoms with Gasteiger partial charge in [-0.05, 0) is 77.0 Å². The minimum absolute atomic E-state index is 0.0988. The van der Waals surface area contributed by atoms with Gasteiger partial charge >= 0.3 is 11.9 Å². The van der Waals surface area contributed by atoms with Gasteiger partial charge in [0.05, 0.1) is 13.2 Å². The number of rotatable bonds is 36. The van der Waals surface area contributed by atoms with E-state index < -0.39 is 55.4 Å². The Morgan fingerprint density at radius 2 is 1.03 bits per heavy atom. The Hall–Kier alpha value is -3.12. The van der Waals surface area contributed by atoms with Gasteiger partial charge in [0.15, 0.2) is 12.4 Å². The predicted octanol–water partition coefficient (Wildman–Crippen LogP) is 9.77. The summed E-state index contributed by atoms with van der Waals surface area (Å²) in [5.74, 6) is -0.922. The summed E-state index contributed by atoms with van der Waals surface area (Å²) in [6.45, 7) is 3.20. The zero-order valence-electron chi connectivity index (χ0n) is 36.5. The molecule has 1 saturated heterocycles. The Morgan fingerprint density at radius 1 is 0.542 bits per heavy atom. The van der Waals surface area contributed by atoms with Gasteiger partial charge < -0.3 is 39.4 Å². The van der Waals surface area contributed by atoms with E-state index >= 15 is 0 Å². The third-order valence-electron chi connectivity index (χ3n) is 9.78. The van der Waals surface area contributed by atoms with E-state index in [0.717, 1.165) is 70.6 Å². The SMILES string of the molecule is CC/C=C\C/C=C\C/C=C\C/C=C\C/C=C\C/C=C\CCC(=O)OC(COC(=O)CCCCCCC/C=C\CCCCCCCC)COC1OC(CO)C(O)C(O)C1O. The molecule has 0 aromatic rings. The van der Waals surface area contributed by atoms with Crippen molar-refractivity contribution in [2.24, 2.45) is 0 Å². The van der Waals surface area contributed by atoms with Crippen LogP contribution < -0.4 is 0 Å². The lowest BCUT2D eigenvalue weighted by Gasteiger charge is -2.39. The van der Waals surface area contributed by atoms with Crippen LogP contribution >= 0.6 is 0 Å². The summed E-state index contributed by atoms with van der Waals surface area (Å²) < 4.78 is 22.1. The van der Waals surface area contributed by atoms with Crippen LogP contribution in [0.5, 0.6) is 0 Å². The lowest BCUT2D eigenvalue weighted by atomic mass is 9.99. The smallest absolute Gasteiger partial charge is 0.306 e. The summed E-state index contributed by atoms with van der Waals surface area (Å²) in [6, 6.07) is 0. The molecule has 6 unspecified atom stereocenters. The largest absolute Gasteiger partial charge is 0.462 e. The van der Waals surface area contributed by atoms with Gasteiger partial charge in [-0.3, -0.25) is 9.59 Å². The number of carbonyl (C=O) groups excluding carboxylic acids is 2. The number of allylic oxidation sites excluding steroid dienone is 14. The van der Waals surface area contributed by atoms with Crippen molar-refractivity contribution in [3.05, 3.63) is 85.1 Å². The predicted molar refractivity (Wildman–Crippen MR) is 237 cm³/mol. The molecular formula is C49H80O10. The van der Waals surface area contributed by atoms with Crippen LogP contribution in [0.3, 0.4) is 0 Å². The van der Waals surface area contributed by atoms with E-state index in [9.17, 15) is 30.0 Å². The zero-order chi connectivity index (χ0) is 43.0. The van der Waals surface area contributed by atoms with Gasteiger partial charge in [-0.15, -0.1) is 0 Å². The van der Waals surface area contributed by atoms with Crippen molar-refractivity contribution in [3.63, 3.8) is 0 Å². The molecule has 1 fully saturated rings. The molecule has 1 aliphatic rings. The molecule has 0 saturated carbocycles. The molecule has 10 heteroatoms. The lowest BCUT2D eigenvalue weighted by Crippen LogP contribution is -2.59. The highest BCUT2D eigenvalue weighted by atomic mass is 16.7. The molecule has 0 aromatic carbocycles. The Kier molecular flexibility index (Phi) is 35.7. The van der Waals surface area contributed by atoms with Gasteiger partial charge in [0.25, 0.3) is 0 Å². The molecule has 0 amide bonds. The quantitative estimate of drug-likeness (QED) is 0.0273. The average molecular weight is 829 g/mol. The summed E-state index contributed by atoms with van der Waals surface area (Å²) in [6.07, 6.45) is 43.1. The standard InChI is InChI=1S/C49H80O10/c1-3-5-7-9-11-13-15-17-19-20-21-22-24-26-28-30-32-34-36-38-45(52)58-42(41-57-49-48(55)47(54)46(53)43(39-50)59-49)40-56-44(51)37-35-33-31-29-27-25-23-18-16-14-12-10-8-6-4-2/h5,7,11,13,17-19,21-23,26,28,32,34,42-43,46-50,53-55H,3-4,6,8-10,12,14-16,20,24-25,27,29-31,33,35-41H2,1-2H3/b7-5-,13-11-,19-17-,22-21-,23-18-,28-26-,34-32-. The highest BCUT2D eigenvalue weighted by Gasteiger charge is 2.44. The van der Waals surface area contributed by atoms with Crippen molar-refractivity contribution in [3.8, 4) is 0 Å². The minimum Gasteiger partial charge on any atom is -0.462 e. The fraction of sp³-hybridized carbons (Fsp3) is 0.673. The van der Waals surface area contributed by atoms with Crippen LogP contribution in [0.25, 0.3) is 0 Å². The van der Waals surface area contributed by atoms with Crippen molar-refractivity contribution in [2.75, 3.05) is 19.8 Å². The molecule has 4 N–H and O–H groups in total. The second-order valence-electron chi connectivity index (χ2n) is 15.1. The third kappa shape index (κ3) is 30.5. The molecule has 59 heavy (non-hydrogen) atoms. The summed E-state index contributed by atoms with van der Waals surface area (Å²) in [4.78, 5) is 25.3. The molecule has 336 valence electrons. The van der Waals surface area contributed by atoms with Crippen molar-refractivity contribution in [1.29, 1.82) is 0 Å². The Bertz CT molecular complexity index is 1230. The molecule has 1 rings (SSSR count). The van der Waals surface area contributed by atoms with Crippen molar-refractivity contribution >= 4 is 11.9 Å². The van der Waals surface area contributed by atoms with E-state index in [1.54, 1.807) is 0 Å². The number of unbranched alkanes of at least 4 members (excludes halogenated alkanes) is 11. The molecule has 0 spiro atoms. The van der Waals surface area contributed by atoms with E-state index in [1.165, 1.54) is 44.9 Å². The van der Waals surface area contributed by atoms with Crippen molar-refractivity contribution < 1.29 is 49.0 Å². The van der Waals surface area contributed by atoms with Gasteiger partial charge in [-0.25, -0.2) is 0 Å². The van der Waals surface area contributed by atoms with Crippen LogP contribution in [0, 0.1) is 0 Å². The molecular weight excluding hydrogens is 749 g/mol. The van der Waals surface area contributed by atoms with Gasteiger partial charge in [-0.2, -0.15) is 0 Å². The van der Waals surface area contributed by atoms with Crippen LogP contribution in [0.15, 0.2) is 85.1 Å². The molecule has 1 aliphatic heterocycles. The summed E-state index contributed by atoms with van der Waals surface area (Å²) in [7, 11) is 0. The van der Waals surface area contributed by atoms with Crippen LogP contribution in [0.2, 0.25) is 0 Å². The van der Waals surface area contributed by atoms with Crippen LogP contribution in [-0.4, -0.2) is 89.0 Å². The van der Waals surface area contributed by atoms with Gasteiger partial charge in [0.2, 0.25) is 0 Å². The number of aliphatic hydroxyl groups is 4. The average Bonchev–Trinajstić information content (AvgIpc) is 3.23. The Morgan fingerprint density at radius 3 is 1.58 bits per heavy atom. The fourth-order valence-electron chi connectivity index (χ4n) is 6.21. The van der Waals surface area contributed by atoms with Gasteiger partial charge in [-0.1, -0.05) is 150 Å². The van der Waals surface area contributed by atoms with E-state index in [2.05, 4.69) is 86.8 Å². The van der Waals surface area contributed by atoms with Crippen LogP contribution in [-0.2, 0) is 28.5 Å². The number of hydrogen-bond donors (Lipinski definition) is 4. The molecule has 10 nitrogen and oxygen atoms in total. The second kappa shape index (κ2) is 39.0. The maximum absolute atomic E-state index is 12.7. The second-order valence-corrected chi connectivity index (χ2v) is 15.1. The summed E-state index contributed by atoms with van der Waals surface area (Å²) >= 11 is 0. The molecule has 0 aromatic heterocycles. The first kappa shape index (κ1) is 53.9. The maximum atomic E-state index is 12.7. The zero-order valence-corrected chi connectivity index (χ0v) is 36.5. The van der Waals surface area contributed by atoms with Gasteiger partial charge in [0.1, 0.15) is 31.0 Å². The first-order chi connectivity index (χ1) is 28.8. The lowest BCUT2D eigenvalue weighted by molar-refractivity contribution is -0.305. The van der Waals surface area contributed by atoms with E-state index in [4.69, 9.17) is 18.9 Å². The van der Waals surface area contributed by atoms with E-state index in [-0.39, 0.29) is 26.1 Å². The molecule has 0 radical (unpaired) electrons. The molecule has 1 heterocycles. The van der Waals surface area contributed by atoms with Crippen molar-refractivity contribution in [1.82, 2.24) is 0 Å². The Balaban J connectivity index is 2.40. The summed E-state index contributed by atoms with van der Waals surface area (Å²) in [5.41, 5.74) is 0. The van der Waals surface area contributed by atoms with E-state index in [1.807, 2.05) is 12.2 Å². The molecule has 0 bridgehead atoms. The first-order valence-electron chi connectivity index (χ1n) is 22.7. The van der Waals surface area contributed by atoms with Crippen LogP contribution in [0.4, 0.5) is 0 Å². The number of ether oxygens (including phenoxy) is 4. The third-order valence-corrected chi connectivity index (χ3v) is 9.78. The number of aliphatic hydroxyl groups excluding tert-OH is 4. The van der Waals surface area contributed by atoms with Crippen LogP contribution in [0.1, 0.15) is 155 Å². The Labute approximate surface area is 356 Å². The topological polar surface area (TPSA) is 152 Å². The number of esters is 2. The maximum Gasteiger partial charge on any atom is 0.306 e. The monoisotopic (exact) mass is 829 g/mol. The van der Waals surface area contributed by atoms with Crippen molar-refractivity contribution in [2.45, 2.75) is 192 Å². The summed E-state index contributed by atoms with van der Waals surface area (Å²) in [5, 5.41) is 40.1. The fourth-order valence-corrected chi connectivity index (χ4v) is 6.21. The highest BCUT2D eigenvalue weighted by molar-refractivity contribution is 5.70.